The molecule has 1 N–H and O–H groups in total. The fourth-order valence-corrected chi connectivity index (χ4v) is 1.47. The average molecular weight is 264 g/mol. The Morgan fingerprint density at radius 1 is 1.33 bits per heavy atom. The van der Waals surface area contributed by atoms with Gasteiger partial charge in [-0.05, 0) is 12.1 Å². The Hall–Kier alpha value is -1.42. The molecule has 76 valence electrons. The minimum atomic E-state index is 0.654. The Morgan fingerprint density at radius 3 is 2.93 bits per heavy atom. The molecular weight excluding hydrogens is 254 g/mol. The molecule has 0 bridgehead atoms. The van der Waals surface area contributed by atoms with Crippen molar-refractivity contribution < 1.29 is 0 Å². The Balaban J connectivity index is 2.38. The summed E-state index contributed by atoms with van der Waals surface area (Å²) in [5.41, 5.74) is 0.940. The van der Waals surface area contributed by atoms with Crippen LogP contribution in [0.15, 0.2) is 41.7 Å². The van der Waals surface area contributed by atoms with Gasteiger partial charge in [-0.25, -0.2) is 9.97 Å². The molecule has 4 heteroatoms. The normalized spacial score (nSPS) is 10.2. The summed E-state index contributed by atoms with van der Waals surface area (Å²) < 4.78 is 0.894. The highest BCUT2D eigenvalue weighted by Crippen LogP contribution is 2.18. The van der Waals surface area contributed by atoms with Gasteiger partial charge in [0.2, 0.25) is 0 Å². The summed E-state index contributed by atoms with van der Waals surface area (Å²) in [6.07, 6.45) is 1.56. The van der Waals surface area contributed by atoms with E-state index in [9.17, 15) is 0 Å². The van der Waals surface area contributed by atoms with Gasteiger partial charge < -0.3 is 5.32 Å². The van der Waals surface area contributed by atoms with Crippen LogP contribution in [0.4, 0.5) is 5.82 Å². The van der Waals surface area contributed by atoms with Crippen LogP contribution in [-0.2, 0) is 0 Å². The average Bonchev–Trinajstić information content (AvgIpc) is 2.26. The molecule has 0 unspecified atom stereocenters. The summed E-state index contributed by atoms with van der Waals surface area (Å²) in [6, 6.07) is 7.89. The quantitative estimate of drug-likeness (QED) is 0.926. The van der Waals surface area contributed by atoms with Crippen LogP contribution in [0.25, 0.3) is 10.9 Å². The van der Waals surface area contributed by atoms with Crippen LogP contribution >= 0.6 is 15.9 Å². The largest absolute Gasteiger partial charge is 0.365 e. The van der Waals surface area contributed by atoms with Crippen LogP contribution < -0.4 is 5.32 Å². The number of aromatic nitrogens is 2. The zero-order valence-electron chi connectivity index (χ0n) is 8.07. The molecular formula is C11H10BrN3. The lowest BCUT2D eigenvalue weighted by Crippen LogP contribution is -2.03. The molecule has 0 amide bonds. The summed E-state index contributed by atoms with van der Waals surface area (Å²) in [4.78, 5) is 8.38. The van der Waals surface area contributed by atoms with Crippen molar-refractivity contribution in [1.29, 1.82) is 0 Å². The molecule has 0 spiro atoms. The number of nitrogens with zero attached hydrogens (tertiary/aromatic N) is 2. The van der Waals surface area contributed by atoms with Crippen molar-refractivity contribution in [3.63, 3.8) is 0 Å². The van der Waals surface area contributed by atoms with Gasteiger partial charge in [0.05, 0.1) is 5.52 Å². The second-order valence-electron chi connectivity index (χ2n) is 3.11. The van der Waals surface area contributed by atoms with Crippen molar-refractivity contribution in [1.82, 2.24) is 9.97 Å². The predicted molar refractivity (Wildman–Crippen MR) is 66.1 cm³/mol. The molecule has 2 rings (SSSR count). The molecule has 1 heterocycles. The fourth-order valence-electron chi connectivity index (χ4n) is 1.33. The number of para-hydroxylation sites is 1. The molecule has 0 radical (unpaired) electrons. The lowest BCUT2D eigenvalue weighted by molar-refractivity contribution is 1.18. The number of halogens is 1. The molecule has 15 heavy (non-hydrogen) atoms. The minimum absolute atomic E-state index is 0.654. The van der Waals surface area contributed by atoms with E-state index in [4.69, 9.17) is 0 Å². The van der Waals surface area contributed by atoms with E-state index in [1.54, 1.807) is 6.33 Å². The van der Waals surface area contributed by atoms with E-state index < -0.39 is 0 Å². The monoisotopic (exact) mass is 263 g/mol. The Labute approximate surface area is 96.4 Å². The first-order valence-electron chi connectivity index (χ1n) is 4.54. The van der Waals surface area contributed by atoms with Gasteiger partial charge in [-0.15, -0.1) is 0 Å². The smallest absolute Gasteiger partial charge is 0.137 e. The third-order valence-corrected chi connectivity index (χ3v) is 2.27. The van der Waals surface area contributed by atoms with Gasteiger partial charge in [0, 0.05) is 16.4 Å². The molecule has 0 aliphatic carbocycles. The highest BCUT2D eigenvalue weighted by molar-refractivity contribution is 9.11. The van der Waals surface area contributed by atoms with Crippen molar-refractivity contribution in [3.8, 4) is 0 Å². The molecule has 0 atom stereocenters. The summed E-state index contributed by atoms with van der Waals surface area (Å²) in [5.74, 6) is 0.834. The zero-order valence-corrected chi connectivity index (χ0v) is 9.66. The first kappa shape index (κ1) is 10.1. The van der Waals surface area contributed by atoms with E-state index in [2.05, 4.69) is 37.8 Å². The zero-order chi connectivity index (χ0) is 10.7. The second kappa shape index (κ2) is 4.40. The van der Waals surface area contributed by atoms with Gasteiger partial charge in [-0.2, -0.15) is 0 Å². The van der Waals surface area contributed by atoms with Gasteiger partial charge in [0.1, 0.15) is 12.1 Å². The number of benzene rings is 1. The third kappa shape index (κ3) is 2.33. The standard InChI is InChI=1S/C11H10BrN3/c1-8(12)6-13-11-9-4-2-3-5-10(9)14-7-15-11/h2-5,7H,1,6H2,(H,13,14,15). The van der Waals surface area contributed by atoms with E-state index >= 15 is 0 Å². The van der Waals surface area contributed by atoms with Crippen molar-refractivity contribution in [3.05, 3.63) is 41.7 Å². The summed E-state index contributed by atoms with van der Waals surface area (Å²) in [6.45, 7) is 4.41. The second-order valence-corrected chi connectivity index (χ2v) is 4.23. The maximum Gasteiger partial charge on any atom is 0.137 e. The first-order chi connectivity index (χ1) is 7.27. The van der Waals surface area contributed by atoms with Gasteiger partial charge in [-0.1, -0.05) is 34.6 Å². The fraction of sp³-hybridized carbons (Fsp3) is 0.0909. The third-order valence-electron chi connectivity index (χ3n) is 1.99. The van der Waals surface area contributed by atoms with Crippen molar-refractivity contribution in [2.24, 2.45) is 0 Å². The predicted octanol–water partition coefficient (Wildman–Crippen LogP) is 2.95. The summed E-state index contributed by atoms with van der Waals surface area (Å²) in [5, 5.41) is 4.21. The van der Waals surface area contributed by atoms with E-state index in [0.29, 0.717) is 6.54 Å². The van der Waals surface area contributed by atoms with E-state index in [-0.39, 0.29) is 0 Å². The number of hydrogen-bond donors (Lipinski definition) is 1. The van der Waals surface area contributed by atoms with Gasteiger partial charge in [0.25, 0.3) is 0 Å². The molecule has 1 aromatic carbocycles. The number of nitrogens with one attached hydrogen (secondary N) is 1. The number of hydrogen-bond acceptors (Lipinski definition) is 3. The lowest BCUT2D eigenvalue weighted by atomic mass is 10.2. The van der Waals surface area contributed by atoms with E-state index in [0.717, 1.165) is 21.2 Å². The Bertz CT molecular complexity index is 491. The van der Waals surface area contributed by atoms with Crippen LogP contribution in [0, 0.1) is 0 Å². The van der Waals surface area contributed by atoms with E-state index in [1.165, 1.54) is 0 Å². The van der Waals surface area contributed by atoms with E-state index in [1.807, 2.05) is 24.3 Å². The molecule has 3 nitrogen and oxygen atoms in total. The number of anilines is 1. The number of rotatable bonds is 3. The van der Waals surface area contributed by atoms with Gasteiger partial charge >= 0.3 is 0 Å². The van der Waals surface area contributed by atoms with Crippen LogP contribution in [0.2, 0.25) is 0 Å². The lowest BCUT2D eigenvalue weighted by Gasteiger charge is -2.06. The Kier molecular flexibility index (Phi) is 2.97. The van der Waals surface area contributed by atoms with Crippen LogP contribution in [0.3, 0.4) is 0 Å². The molecule has 0 saturated heterocycles. The van der Waals surface area contributed by atoms with Crippen molar-refractivity contribution in [2.45, 2.75) is 0 Å². The van der Waals surface area contributed by atoms with Crippen molar-refractivity contribution in [2.75, 3.05) is 11.9 Å². The SMILES string of the molecule is C=C(Br)CNc1ncnc2ccccc12. The molecule has 0 saturated carbocycles. The van der Waals surface area contributed by atoms with Crippen LogP contribution in [0.5, 0.6) is 0 Å². The molecule has 1 aromatic heterocycles. The minimum Gasteiger partial charge on any atom is -0.365 e. The Morgan fingerprint density at radius 2 is 2.13 bits per heavy atom. The van der Waals surface area contributed by atoms with Crippen LogP contribution in [0.1, 0.15) is 0 Å². The molecule has 0 aliphatic heterocycles. The highest BCUT2D eigenvalue weighted by atomic mass is 79.9. The molecule has 0 aliphatic rings. The maximum absolute atomic E-state index is 4.19. The van der Waals surface area contributed by atoms with Gasteiger partial charge in [-0.3, -0.25) is 0 Å². The highest BCUT2D eigenvalue weighted by Gasteiger charge is 2.01. The first-order valence-corrected chi connectivity index (χ1v) is 5.33. The maximum atomic E-state index is 4.19. The summed E-state index contributed by atoms with van der Waals surface area (Å²) in [7, 11) is 0. The van der Waals surface area contributed by atoms with Crippen molar-refractivity contribution >= 4 is 32.7 Å². The number of fused-ring (bicyclic) bond motifs is 1. The summed E-state index contributed by atoms with van der Waals surface area (Å²) >= 11 is 3.30. The van der Waals surface area contributed by atoms with Gasteiger partial charge in [0.15, 0.2) is 0 Å². The molecule has 2 aromatic rings. The molecule has 0 fully saturated rings. The van der Waals surface area contributed by atoms with Crippen LogP contribution in [-0.4, -0.2) is 16.5 Å². The topological polar surface area (TPSA) is 37.8 Å².